The molecule has 0 atom stereocenters. The van der Waals surface area contributed by atoms with Gasteiger partial charge in [0.1, 0.15) is 0 Å². The minimum atomic E-state index is -0.529. The highest BCUT2D eigenvalue weighted by atomic mass is 16.2. The van der Waals surface area contributed by atoms with Crippen LogP contribution < -0.4 is 21.7 Å². The van der Waals surface area contributed by atoms with Crippen LogP contribution in [0.25, 0.3) is 0 Å². The molecule has 0 unspecified atom stereocenters. The Bertz CT molecular complexity index is 830. The molecule has 0 aromatic heterocycles. The van der Waals surface area contributed by atoms with Crippen molar-refractivity contribution < 1.29 is 14.4 Å². The fourth-order valence-electron chi connectivity index (χ4n) is 2.69. The summed E-state index contributed by atoms with van der Waals surface area (Å²) in [6.07, 6.45) is 0. The van der Waals surface area contributed by atoms with Crippen LogP contribution in [0.1, 0.15) is 34.6 Å². The highest BCUT2D eigenvalue weighted by Gasteiger charge is 2.08. The molecule has 0 saturated carbocycles. The first kappa shape index (κ1) is 21.9. The Morgan fingerprint density at radius 1 is 0.828 bits per heavy atom. The summed E-state index contributed by atoms with van der Waals surface area (Å²) in [5.41, 5.74) is 7.15. The van der Waals surface area contributed by atoms with Gasteiger partial charge in [-0.2, -0.15) is 0 Å². The van der Waals surface area contributed by atoms with Gasteiger partial charge in [0, 0.05) is 35.6 Å². The third-order valence-electron chi connectivity index (χ3n) is 4.44. The molecule has 0 bridgehead atoms. The molecular weight excluding hydrogens is 370 g/mol. The zero-order valence-corrected chi connectivity index (χ0v) is 16.7. The predicted molar refractivity (Wildman–Crippen MR) is 114 cm³/mol. The number of nitrogens with zero attached hydrogens (tertiary/aromatic N) is 1. The van der Waals surface area contributed by atoms with Crippen molar-refractivity contribution in [2.45, 2.75) is 13.8 Å². The number of amides is 4. The quantitative estimate of drug-likeness (QED) is 0.520. The highest BCUT2D eigenvalue weighted by molar-refractivity contribution is 6.01. The van der Waals surface area contributed by atoms with E-state index in [1.807, 2.05) is 0 Å². The number of likely N-dealkylation sites (N-methyl/N-ethyl adjacent to an activating group) is 1. The zero-order chi connectivity index (χ0) is 21.2. The fourth-order valence-corrected chi connectivity index (χ4v) is 2.69. The van der Waals surface area contributed by atoms with Gasteiger partial charge in [-0.15, -0.1) is 0 Å². The molecule has 8 heteroatoms. The third-order valence-corrected chi connectivity index (χ3v) is 4.44. The molecule has 0 aliphatic carbocycles. The minimum Gasteiger partial charge on any atom is -0.366 e. The van der Waals surface area contributed by atoms with E-state index in [1.54, 1.807) is 36.4 Å². The molecule has 154 valence electrons. The van der Waals surface area contributed by atoms with Gasteiger partial charge in [0.15, 0.2) is 0 Å². The van der Waals surface area contributed by atoms with E-state index in [4.69, 9.17) is 5.73 Å². The monoisotopic (exact) mass is 397 g/mol. The SMILES string of the molecule is CCN(CC)CCNC(=O)c1ccc(NC(=O)Nc2ccc(C(N)=O)cc2)cc1. The first-order chi connectivity index (χ1) is 13.9. The van der Waals surface area contributed by atoms with Crippen LogP contribution in [0.3, 0.4) is 0 Å². The van der Waals surface area contributed by atoms with E-state index < -0.39 is 11.9 Å². The Kier molecular flexibility index (Phi) is 8.17. The summed E-state index contributed by atoms with van der Waals surface area (Å²) in [6, 6.07) is 12.4. The maximum absolute atomic E-state index is 12.2. The molecule has 8 nitrogen and oxygen atoms in total. The first-order valence-corrected chi connectivity index (χ1v) is 9.51. The molecule has 2 rings (SSSR count). The van der Waals surface area contributed by atoms with Gasteiger partial charge in [0.2, 0.25) is 5.91 Å². The Hall–Kier alpha value is -3.39. The topological polar surface area (TPSA) is 117 Å². The van der Waals surface area contributed by atoms with E-state index in [1.165, 1.54) is 12.1 Å². The number of primary amides is 1. The number of carbonyl (C=O) groups excluding carboxylic acids is 3. The van der Waals surface area contributed by atoms with Crippen LogP contribution in [-0.4, -0.2) is 48.9 Å². The third kappa shape index (κ3) is 6.93. The number of rotatable bonds is 9. The molecule has 0 heterocycles. The van der Waals surface area contributed by atoms with Crippen molar-refractivity contribution in [3.05, 3.63) is 59.7 Å². The second-order valence-corrected chi connectivity index (χ2v) is 6.38. The lowest BCUT2D eigenvalue weighted by Gasteiger charge is -2.18. The van der Waals surface area contributed by atoms with E-state index in [0.717, 1.165) is 19.6 Å². The summed E-state index contributed by atoms with van der Waals surface area (Å²) in [7, 11) is 0. The number of hydrogen-bond acceptors (Lipinski definition) is 4. The Morgan fingerprint density at radius 3 is 1.76 bits per heavy atom. The van der Waals surface area contributed by atoms with Crippen molar-refractivity contribution in [2.75, 3.05) is 36.8 Å². The van der Waals surface area contributed by atoms with Gasteiger partial charge in [0.05, 0.1) is 0 Å². The van der Waals surface area contributed by atoms with E-state index in [0.29, 0.717) is 29.0 Å². The highest BCUT2D eigenvalue weighted by Crippen LogP contribution is 2.12. The van der Waals surface area contributed by atoms with Crippen LogP contribution in [0.2, 0.25) is 0 Å². The Balaban J connectivity index is 1.83. The van der Waals surface area contributed by atoms with E-state index >= 15 is 0 Å². The maximum Gasteiger partial charge on any atom is 0.323 e. The molecule has 29 heavy (non-hydrogen) atoms. The smallest absolute Gasteiger partial charge is 0.323 e. The molecule has 0 saturated heterocycles. The van der Waals surface area contributed by atoms with Crippen molar-refractivity contribution in [1.29, 1.82) is 0 Å². The Labute approximate surface area is 170 Å². The number of carbonyl (C=O) groups is 3. The van der Waals surface area contributed by atoms with Gasteiger partial charge < -0.3 is 26.6 Å². The van der Waals surface area contributed by atoms with Crippen LogP contribution in [0.15, 0.2) is 48.5 Å². The number of nitrogens with one attached hydrogen (secondary N) is 3. The minimum absolute atomic E-state index is 0.150. The van der Waals surface area contributed by atoms with Gasteiger partial charge in [0.25, 0.3) is 5.91 Å². The van der Waals surface area contributed by atoms with Crippen molar-refractivity contribution in [1.82, 2.24) is 10.2 Å². The van der Waals surface area contributed by atoms with Gasteiger partial charge >= 0.3 is 6.03 Å². The van der Waals surface area contributed by atoms with Gasteiger partial charge in [-0.25, -0.2) is 4.79 Å². The average molecular weight is 397 g/mol. The van der Waals surface area contributed by atoms with Crippen LogP contribution >= 0.6 is 0 Å². The molecule has 0 radical (unpaired) electrons. The maximum atomic E-state index is 12.2. The average Bonchev–Trinajstić information content (AvgIpc) is 2.72. The normalized spacial score (nSPS) is 10.4. The molecule has 5 N–H and O–H groups in total. The van der Waals surface area contributed by atoms with Gasteiger partial charge in [-0.05, 0) is 61.6 Å². The van der Waals surface area contributed by atoms with Gasteiger partial charge in [-0.3, -0.25) is 9.59 Å². The summed E-state index contributed by atoms with van der Waals surface area (Å²) < 4.78 is 0. The molecule has 0 aliphatic rings. The lowest BCUT2D eigenvalue weighted by molar-refractivity contribution is 0.0947. The van der Waals surface area contributed by atoms with Crippen molar-refractivity contribution in [3.63, 3.8) is 0 Å². The molecule has 2 aromatic carbocycles. The lowest BCUT2D eigenvalue weighted by Crippen LogP contribution is -2.34. The number of urea groups is 1. The largest absolute Gasteiger partial charge is 0.366 e. The number of hydrogen-bond donors (Lipinski definition) is 4. The van der Waals surface area contributed by atoms with E-state index in [-0.39, 0.29) is 5.91 Å². The second kappa shape index (κ2) is 10.8. The van der Waals surface area contributed by atoms with Crippen LogP contribution in [0.4, 0.5) is 16.2 Å². The second-order valence-electron chi connectivity index (χ2n) is 6.38. The summed E-state index contributed by atoms with van der Waals surface area (Å²) in [5, 5.41) is 8.23. The van der Waals surface area contributed by atoms with Crippen molar-refractivity contribution >= 4 is 29.2 Å². The lowest BCUT2D eigenvalue weighted by atomic mass is 10.2. The Morgan fingerprint density at radius 2 is 1.31 bits per heavy atom. The zero-order valence-electron chi connectivity index (χ0n) is 16.7. The van der Waals surface area contributed by atoms with E-state index in [2.05, 4.69) is 34.7 Å². The standard InChI is InChI=1S/C21H27N5O3/c1-3-26(4-2)14-13-23-20(28)16-7-11-18(12-8-16)25-21(29)24-17-9-5-15(6-10-17)19(22)27/h5-12H,3-4,13-14H2,1-2H3,(H2,22,27)(H,23,28)(H2,24,25,29). The summed E-state index contributed by atoms with van der Waals surface area (Å²) in [5.74, 6) is -0.680. The predicted octanol–water partition coefficient (Wildman–Crippen LogP) is 2.50. The summed E-state index contributed by atoms with van der Waals surface area (Å²) in [6.45, 7) is 7.46. The van der Waals surface area contributed by atoms with Crippen LogP contribution in [0.5, 0.6) is 0 Å². The van der Waals surface area contributed by atoms with Crippen molar-refractivity contribution in [3.8, 4) is 0 Å². The molecule has 0 aliphatic heterocycles. The first-order valence-electron chi connectivity index (χ1n) is 9.51. The summed E-state index contributed by atoms with van der Waals surface area (Å²) in [4.78, 5) is 37.6. The molecule has 0 fully saturated rings. The number of anilines is 2. The van der Waals surface area contributed by atoms with Crippen molar-refractivity contribution in [2.24, 2.45) is 5.73 Å². The van der Waals surface area contributed by atoms with Crippen LogP contribution in [0, 0.1) is 0 Å². The van der Waals surface area contributed by atoms with Gasteiger partial charge in [-0.1, -0.05) is 13.8 Å². The fraction of sp³-hybridized carbons (Fsp3) is 0.286. The van der Waals surface area contributed by atoms with E-state index in [9.17, 15) is 14.4 Å². The number of nitrogens with two attached hydrogens (primary N) is 1. The molecule has 4 amide bonds. The number of benzene rings is 2. The molecular formula is C21H27N5O3. The molecule has 0 spiro atoms. The van der Waals surface area contributed by atoms with Crippen LogP contribution in [-0.2, 0) is 0 Å². The summed E-state index contributed by atoms with van der Waals surface area (Å²) >= 11 is 0. The molecule has 2 aromatic rings.